The van der Waals surface area contributed by atoms with Crippen LogP contribution in [0, 0.1) is 5.92 Å². The number of alkyl halides is 1. The molecule has 0 aromatic heterocycles. The summed E-state index contributed by atoms with van der Waals surface area (Å²) in [5, 5.41) is 0. The molecule has 0 amide bonds. The maximum absolute atomic E-state index is 5.82. The summed E-state index contributed by atoms with van der Waals surface area (Å²) >= 11 is 3.88. The summed E-state index contributed by atoms with van der Waals surface area (Å²) in [6.07, 6.45) is 3.53. The molecule has 1 nitrogen and oxygen atoms in total. The van der Waals surface area contributed by atoms with E-state index in [1.165, 1.54) is 24.0 Å². The van der Waals surface area contributed by atoms with E-state index in [2.05, 4.69) is 40.2 Å². The van der Waals surface area contributed by atoms with Crippen molar-refractivity contribution in [3.8, 4) is 5.75 Å². The first-order valence-electron chi connectivity index (χ1n) is 7.24. The summed E-state index contributed by atoms with van der Waals surface area (Å²) < 4.78 is 5.82. The van der Waals surface area contributed by atoms with Crippen molar-refractivity contribution in [1.29, 1.82) is 0 Å². The second-order valence-corrected chi connectivity index (χ2v) is 6.34. The van der Waals surface area contributed by atoms with Gasteiger partial charge in [0.2, 0.25) is 0 Å². The molecule has 0 saturated heterocycles. The van der Waals surface area contributed by atoms with Crippen LogP contribution in [0.2, 0.25) is 0 Å². The molecule has 0 aliphatic heterocycles. The number of ether oxygens (including phenoxy) is 1. The van der Waals surface area contributed by atoms with Crippen LogP contribution < -0.4 is 4.74 Å². The maximum Gasteiger partial charge on any atom is 0.119 e. The van der Waals surface area contributed by atoms with Gasteiger partial charge in [0.25, 0.3) is 0 Å². The van der Waals surface area contributed by atoms with E-state index in [-0.39, 0.29) is 0 Å². The van der Waals surface area contributed by atoms with E-state index >= 15 is 0 Å². The van der Waals surface area contributed by atoms with Gasteiger partial charge in [0.1, 0.15) is 5.75 Å². The number of halogens is 1. The van der Waals surface area contributed by atoms with Crippen molar-refractivity contribution in [3.63, 3.8) is 0 Å². The van der Waals surface area contributed by atoms with Crippen LogP contribution in [0.4, 0.5) is 0 Å². The summed E-state index contributed by atoms with van der Waals surface area (Å²) in [6, 6.07) is 18.8. The Hall–Kier alpha value is -1.28. The first kappa shape index (κ1) is 13.7. The molecule has 2 unspecified atom stereocenters. The number of aryl methyl sites for hydroxylation is 1. The quantitative estimate of drug-likeness (QED) is 0.704. The highest BCUT2D eigenvalue weighted by Crippen LogP contribution is 2.41. The second kappa shape index (κ2) is 6.45. The zero-order valence-corrected chi connectivity index (χ0v) is 13.1. The molecule has 0 radical (unpaired) electrons. The maximum atomic E-state index is 5.82. The Balaban J connectivity index is 1.57. The molecule has 2 heteroatoms. The molecule has 1 aliphatic carbocycles. The van der Waals surface area contributed by atoms with Gasteiger partial charge in [-0.1, -0.05) is 58.4 Å². The van der Waals surface area contributed by atoms with E-state index in [4.69, 9.17) is 4.74 Å². The van der Waals surface area contributed by atoms with Crippen LogP contribution in [-0.4, -0.2) is 6.61 Å². The number of para-hydroxylation sites is 1. The molecule has 0 N–H and O–H groups in total. The fourth-order valence-corrected chi connectivity index (χ4v) is 3.88. The number of benzene rings is 2. The third kappa shape index (κ3) is 3.06. The van der Waals surface area contributed by atoms with E-state index in [0.29, 0.717) is 10.7 Å². The van der Waals surface area contributed by atoms with Gasteiger partial charge in [0.05, 0.1) is 6.61 Å². The standard InChI is InChI=1S/C18H19BrO/c19-18-15(11-10-14-6-4-5-9-17(14)18)12-13-20-16-7-2-1-3-8-16/h1-9,15,18H,10-13H2. The lowest BCUT2D eigenvalue weighted by molar-refractivity contribution is 0.267. The monoisotopic (exact) mass is 330 g/mol. The Morgan fingerprint density at radius 2 is 1.75 bits per heavy atom. The first-order chi connectivity index (χ1) is 9.84. The number of hydrogen-bond donors (Lipinski definition) is 0. The lowest BCUT2D eigenvalue weighted by Gasteiger charge is -2.29. The van der Waals surface area contributed by atoms with Crippen molar-refractivity contribution in [2.45, 2.75) is 24.1 Å². The number of rotatable bonds is 4. The number of hydrogen-bond acceptors (Lipinski definition) is 1. The molecule has 0 heterocycles. The van der Waals surface area contributed by atoms with Crippen molar-refractivity contribution in [1.82, 2.24) is 0 Å². The summed E-state index contributed by atoms with van der Waals surface area (Å²) in [7, 11) is 0. The Labute approximate surface area is 129 Å². The number of fused-ring (bicyclic) bond motifs is 1. The highest BCUT2D eigenvalue weighted by atomic mass is 79.9. The summed E-state index contributed by atoms with van der Waals surface area (Å²) in [6.45, 7) is 0.791. The van der Waals surface area contributed by atoms with Gasteiger partial charge in [-0.05, 0) is 48.4 Å². The van der Waals surface area contributed by atoms with Gasteiger partial charge in [0.15, 0.2) is 0 Å². The first-order valence-corrected chi connectivity index (χ1v) is 8.16. The molecular weight excluding hydrogens is 312 g/mol. The zero-order valence-electron chi connectivity index (χ0n) is 11.5. The van der Waals surface area contributed by atoms with Crippen molar-refractivity contribution < 1.29 is 4.74 Å². The minimum atomic E-state index is 0.465. The van der Waals surface area contributed by atoms with Crippen molar-refractivity contribution in [2.75, 3.05) is 6.61 Å². The van der Waals surface area contributed by atoms with Gasteiger partial charge in [-0.3, -0.25) is 0 Å². The van der Waals surface area contributed by atoms with Crippen LogP contribution in [0.1, 0.15) is 28.8 Å². The van der Waals surface area contributed by atoms with Crippen LogP contribution >= 0.6 is 15.9 Å². The minimum absolute atomic E-state index is 0.465. The fraction of sp³-hybridized carbons (Fsp3) is 0.333. The molecule has 0 fully saturated rings. The summed E-state index contributed by atoms with van der Waals surface area (Å²) in [5.41, 5.74) is 2.96. The van der Waals surface area contributed by atoms with Crippen molar-refractivity contribution >= 4 is 15.9 Å². The van der Waals surface area contributed by atoms with Crippen LogP contribution in [0.15, 0.2) is 54.6 Å². The smallest absolute Gasteiger partial charge is 0.119 e. The average Bonchev–Trinajstić information content (AvgIpc) is 2.51. The molecule has 104 valence electrons. The van der Waals surface area contributed by atoms with Crippen LogP contribution in [0.3, 0.4) is 0 Å². The average molecular weight is 331 g/mol. The van der Waals surface area contributed by atoms with Gasteiger partial charge in [-0.25, -0.2) is 0 Å². The van der Waals surface area contributed by atoms with Gasteiger partial charge in [-0.15, -0.1) is 0 Å². The zero-order chi connectivity index (χ0) is 13.8. The summed E-state index contributed by atoms with van der Waals surface area (Å²) in [4.78, 5) is 0.465. The van der Waals surface area contributed by atoms with Gasteiger partial charge in [-0.2, -0.15) is 0 Å². The molecule has 0 bridgehead atoms. The van der Waals surface area contributed by atoms with Gasteiger partial charge < -0.3 is 4.74 Å². The second-order valence-electron chi connectivity index (χ2n) is 5.35. The summed E-state index contributed by atoms with van der Waals surface area (Å²) in [5.74, 6) is 1.63. The van der Waals surface area contributed by atoms with Crippen molar-refractivity contribution in [3.05, 3.63) is 65.7 Å². The lowest BCUT2D eigenvalue weighted by Crippen LogP contribution is -2.19. The molecule has 2 aromatic carbocycles. The van der Waals surface area contributed by atoms with E-state index in [9.17, 15) is 0 Å². The van der Waals surface area contributed by atoms with E-state index in [0.717, 1.165) is 18.8 Å². The Morgan fingerprint density at radius 3 is 2.60 bits per heavy atom. The fourth-order valence-electron chi connectivity index (χ4n) is 2.91. The highest BCUT2D eigenvalue weighted by Gasteiger charge is 2.26. The van der Waals surface area contributed by atoms with Crippen LogP contribution in [0.5, 0.6) is 5.75 Å². The Morgan fingerprint density at radius 1 is 1.00 bits per heavy atom. The molecule has 20 heavy (non-hydrogen) atoms. The van der Waals surface area contributed by atoms with E-state index < -0.39 is 0 Å². The SMILES string of the molecule is BrC1c2ccccc2CCC1CCOc1ccccc1. The molecule has 2 aromatic rings. The molecule has 0 saturated carbocycles. The van der Waals surface area contributed by atoms with Crippen molar-refractivity contribution in [2.24, 2.45) is 5.92 Å². The third-order valence-electron chi connectivity index (χ3n) is 4.05. The van der Waals surface area contributed by atoms with E-state index in [1.807, 2.05) is 30.3 Å². The van der Waals surface area contributed by atoms with Crippen LogP contribution in [-0.2, 0) is 6.42 Å². The Bertz CT molecular complexity index is 552. The van der Waals surface area contributed by atoms with Gasteiger partial charge >= 0.3 is 0 Å². The Kier molecular flexibility index (Phi) is 4.41. The molecule has 2 atom stereocenters. The minimum Gasteiger partial charge on any atom is -0.494 e. The predicted molar refractivity (Wildman–Crippen MR) is 86.5 cm³/mol. The highest BCUT2D eigenvalue weighted by molar-refractivity contribution is 9.09. The third-order valence-corrected chi connectivity index (χ3v) is 5.29. The molecular formula is C18H19BrO. The topological polar surface area (TPSA) is 9.23 Å². The largest absolute Gasteiger partial charge is 0.494 e. The van der Waals surface area contributed by atoms with Gasteiger partial charge in [0, 0.05) is 4.83 Å². The van der Waals surface area contributed by atoms with Crippen LogP contribution in [0.25, 0.3) is 0 Å². The molecule has 3 rings (SSSR count). The molecule has 1 aliphatic rings. The molecule has 0 spiro atoms. The van der Waals surface area contributed by atoms with E-state index in [1.54, 1.807) is 0 Å². The predicted octanol–water partition coefficient (Wildman–Crippen LogP) is 5.15. The normalized spacial score (nSPS) is 21.2. The lowest BCUT2D eigenvalue weighted by atomic mass is 9.82.